The average molecular weight is 418 g/mol. The zero-order chi connectivity index (χ0) is 21.8. The number of nitrogens with zero attached hydrogens (tertiary/aromatic N) is 3. The lowest BCUT2D eigenvalue weighted by Gasteiger charge is -2.37. The molecule has 31 heavy (non-hydrogen) atoms. The molecule has 1 aromatic carbocycles. The van der Waals surface area contributed by atoms with E-state index in [9.17, 15) is 4.79 Å². The van der Waals surface area contributed by atoms with Gasteiger partial charge in [0.1, 0.15) is 12.1 Å². The molecule has 1 amide bonds. The molecule has 0 spiro atoms. The molecule has 1 atom stereocenters. The quantitative estimate of drug-likeness (QED) is 0.566. The molecule has 0 radical (unpaired) electrons. The largest absolute Gasteiger partial charge is 0.494 e. The van der Waals surface area contributed by atoms with Crippen molar-refractivity contribution in [2.75, 3.05) is 6.61 Å². The van der Waals surface area contributed by atoms with E-state index in [0.717, 1.165) is 41.0 Å². The molecular weight excluding hydrogens is 390 g/mol. The Bertz CT molecular complexity index is 1070. The van der Waals surface area contributed by atoms with Crippen LogP contribution in [0.4, 0.5) is 0 Å². The molecule has 3 heterocycles. The second-order valence-electron chi connectivity index (χ2n) is 8.10. The molecule has 7 heteroatoms. The first-order chi connectivity index (χ1) is 15.0. The Morgan fingerprint density at radius 1 is 1.13 bits per heavy atom. The molecule has 0 saturated heterocycles. The number of aryl methyl sites for hydroxylation is 1. The summed E-state index contributed by atoms with van der Waals surface area (Å²) in [4.78, 5) is 22.1. The number of nitrogens with one attached hydrogen (secondary N) is 2. The number of carbonyl (C=O) groups is 1. The van der Waals surface area contributed by atoms with Crippen LogP contribution in [-0.4, -0.2) is 32.7 Å². The van der Waals surface area contributed by atoms with Crippen LogP contribution in [0.1, 0.15) is 55.8 Å². The number of ether oxygens (including phenoxy) is 1. The highest BCUT2D eigenvalue weighted by atomic mass is 16.5. The second kappa shape index (κ2) is 8.71. The Morgan fingerprint density at radius 3 is 2.58 bits per heavy atom. The summed E-state index contributed by atoms with van der Waals surface area (Å²) < 4.78 is 5.78. The topological polar surface area (TPSA) is 92.8 Å². The SMILES string of the molecule is CCCCOc1ccc([C@]2(C)CC(c3ccc(C)cn3)=C(c3ncn[nH]3)C(=O)N2)cc1. The molecule has 4 rings (SSSR count). The van der Waals surface area contributed by atoms with E-state index < -0.39 is 5.54 Å². The molecule has 3 aromatic rings. The van der Waals surface area contributed by atoms with Crippen molar-refractivity contribution in [3.05, 3.63) is 71.6 Å². The summed E-state index contributed by atoms with van der Waals surface area (Å²) in [7, 11) is 0. The molecule has 0 unspecified atom stereocenters. The number of H-pyrrole nitrogens is 1. The Balaban J connectivity index is 1.70. The maximum absolute atomic E-state index is 13.3. The highest BCUT2D eigenvalue weighted by Crippen LogP contribution is 2.40. The van der Waals surface area contributed by atoms with Crippen molar-refractivity contribution < 1.29 is 9.53 Å². The first kappa shape index (κ1) is 20.8. The number of benzene rings is 1. The van der Waals surface area contributed by atoms with Gasteiger partial charge in [0.05, 0.1) is 23.4 Å². The maximum Gasteiger partial charge on any atom is 0.256 e. The predicted molar refractivity (Wildman–Crippen MR) is 119 cm³/mol. The molecule has 1 aliphatic heterocycles. The lowest BCUT2D eigenvalue weighted by molar-refractivity contribution is -0.117. The van der Waals surface area contributed by atoms with E-state index in [1.807, 2.05) is 56.4 Å². The summed E-state index contributed by atoms with van der Waals surface area (Å²) in [6.07, 6.45) is 5.91. The van der Waals surface area contributed by atoms with Gasteiger partial charge in [0, 0.05) is 12.6 Å². The van der Waals surface area contributed by atoms with Crippen LogP contribution in [0.15, 0.2) is 48.9 Å². The fraction of sp³-hybridized carbons (Fsp3) is 0.333. The maximum atomic E-state index is 13.3. The number of aromatic amines is 1. The van der Waals surface area contributed by atoms with Crippen LogP contribution in [0, 0.1) is 6.92 Å². The highest BCUT2D eigenvalue weighted by molar-refractivity contribution is 6.27. The van der Waals surface area contributed by atoms with Gasteiger partial charge in [-0.2, -0.15) is 5.10 Å². The minimum Gasteiger partial charge on any atom is -0.494 e. The summed E-state index contributed by atoms with van der Waals surface area (Å²) in [6.45, 7) is 6.87. The van der Waals surface area contributed by atoms with Crippen molar-refractivity contribution in [1.82, 2.24) is 25.5 Å². The third-order valence-corrected chi connectivity index (χ3v) is 5.58. The average Bonchev–Trinajstić information content (AvgIpc) is 3.29. The third-order valence-electron chi connectivity index (χ3n) is 5.58. The summed E-state index contributed by atoms with van der Waals surface area (Å²) in [6, 6.07) is 11.9. The van der Waals surface area contributed by atoms with Gasteiger partial charge in [-0.05, 0) is 55.2 Å². The van der Waals surface area contributed by atoms with Gasteiger partial charge in [-0.15, -0.1) is 0 Å². The number of aromatic nitrogens is 4. The molecule has 7 nitrogen and oxygen atoms in total. The first-order valence-corrected chi connectivity index (χ1v) is 10.6. The number of carbonyl (C=O) groups excluding carboxylic acids is 1. The molecule has 0 saturated carbocycles. The van der Waals surface area contributed by atoms with Crippen molar-refractivity contribution in [3.8, 4) is 5.75 Å². The van der Waals surface area contributed by atoms with Crippen LogP contribution in [0.5, 0.6) is 5.75 Å². The zero-order valence-corrected chi connectivity index (χ0v) is 18.1. The molecule has 1 aliphatic rings. The van der Waals surface area contributed by atoms with Crippen LogP contribution < -0.4 is 10.1 Å². The van der Waals surface area contributed by atoms with Gasteiger partial charge in [-0.3, -0.25) is 14.9 Å². The van der Waals surface area contributed by atoms with Crippen LogP contribution in [0.3, 0.4) is 0 Å². The van der Waals surface area contributed by atoms with Crippen LogP contribution in [0.2, 0.25) is 0 Å². The molecule has 160 valence electrons. The van der Waals surface area contributed by atoms with Crippen molar-refractivity contribution >= 4 is 17.1 Å². The lowest BCUT2D eigenvalue weighted by Crippen LogP contribution is -2.47. The van der Waals surface area contributed by atoms with Gasteiger partial charge in [-0.25, -0.2) is 4.98 Å². The fourth-order valence-corrected chi connectivity index (χ4v) is 3.81. The normalized spacial score (nSPS) is 18.7. The summed E-state index contributed by atoms with van der Waals surface area (Å²) in [5, 5.41) is 9.92. The van der Waals surface area contributed by atoms with Crippen molar-refractivity contribution in [1.29, 1.82) is 0 Å². The fourth-order valence-electron chi connectivity index (χ4n) is 3.81. The first-order valence-electron chi connectivity index (χ1n) is 10.6. The number of amides is 1. The summed E-state index contributed by atoms with van der Waals surface area (Å²) in [5.74, 6) is 1.07. The smallest absolute Gasteiger partial charge is 0.256 e. The van der Waals surface area contributed by atoms with E-state index in [1.54, 1.807) is 0 Å². The van der Waals surface area contributed by atoms with Gasteiger partial charge >= 0.3 is 0 Å². The molecule has 0 aliphatic carbocycles. The van der Waals surface area contributed by atoms with E-state index in [1.165, 1.54) is 6.33 Å². The Hall–Kier alpha value is -3.48. The van der Waals surface area contributed by atoms with Crippen molar-refractivity contribution in [3.63, 3.8) is 0 Å². The molecular formula is C24H27N5O2. The van der Waals surface area contributed by atoms with Gasteiger partial charge in [0.2, 0.25) is 0 Å². The Labute approximate surface area is 182 Å². The second-order valence-corrected chi connectivity index (χ2v) is 8.10. The molecule has 0 bridgehead atoms. The lowest BCUT2D eigenvalue weighted by atomic mass is 9.79. The number of hydrogen-bond donors (Lipinski definition) is 2. The van der Waals surface area contributed by atoms with Gasteiger partial charge < -0.3 is 10.1 Å². The number of rotatable bonds is 7. The zero-order valence-electron chi connectivity index (χ0n) is 18.1. The van der Waals surface area contributed by atoms with Crippen molar-refractivity contribution in [2.45, 2.75) is 45.6 Å². The predicted octanol–water partition coefficient (Wildman–Crippen LogP) is 4.03. The monoisotopic (exact) mass is 417 g/mol. The van der Waals surface area contributed by atoms with Gasteiger partial charge in [-0.1, -0.05) is 31.5 Å². The van der Waals surface area contributed by atoms with E-state index in [2.05, 4.69) is 32.4 Å². The standard InChI is InChI=1S/C24H27N5O2/c1-4-5-12-31-18-9-7-17(8-10-18)24(3)13-19(20-11-6-16(2)14-25-20)21(23(30)28-24)22-26-15-27-29-22/h6-11,14-15H,4-5,12-13H2,1-3H3,(H,28,30)(H,26,27,29)/t24-/m0/s1. The molecule has 2 N–H and O–H groups in total. The van der Waals surface area contributed by atoms with Gasteiger partial charge in [0.15, 0.2) is 5.82 Å². The Morgan fingerprint density at radius 2 is 1.94 bits per heavy atom. The van der Waals surface area contributed by atoms with Gasteiger partial charge in [0.25, 0.3) is 5.91 Å². The number of pyridine rings is 1. The van der Waals surface area contributed by atoms with Crippen LogP contribution >= 0.6 is 0 Å². The van der Waals surface area contributed by atoms with E-state index in [-0.39, 0.29) is 5.91 Å². The third kappa shape index (κ3) is 4.35. The summed E-state index contributed by atoms with van der Waals surface area (Å²) in [5.41, 5.74) is 3.55. The van der Waals surface area contributed by atoms with Crippen molar-refractivity contribution in [2.24, 2.45) is 0 Å². The number of hydrogen-bond acceptors (Lipinski definition) is 5. The van der Waals surface area contributed by atoms with E-state index >= 15 is 0 Å². The highest BCUT2D eigenvalue weighted by Gasteiger charge is 2.39. The summed E-state index contributed by atoms with van der Waals surface area (Å²) >= 11 is 0. The molecule has 2 aromatic heterocycles. The number of unbranched alkanes of at least 4 members (excludes halogenated alkanes) is 1. The molecule has 0 fully saturated rings. The Kier molecular flexibility index (Phi) is 5.84. The van der Waals surface area contributed by atoms with Crippen LogP contribution in [-0.2, 0) is 10.3 Å². The minimum atomic E-state index is -0.593. The minimum absolute atomic E-state index is 0.203. The van der Waals surface area contributed by atoms with Crippen LogP contribution in [0.25, 0.3) is 11.1 Å². The van der Waals surface area contributed by atoms with E-state index in [4.69, 9.17) is 4.74 Å². The van der Waals surface area contributed by atoms with E-state index in [0.29, 0.717) is 24.4 Å².